The molecule has 1 aliphatic rings. The average Bonchev–Trinajstić information content (AvgIpc) is 2.86. The molecule has 39 heavy (non-hydrogen) atoms. The number of nitrogens with zero attached hydrogens (tertiary/aromatic N) is 5. The third kappa shape index (κ3) is 5.22. The van der Waals surface area contributed by atoms with Gasteiger partial charge < -0.3 is 10.5 Å². The lowest BCUT2D eigenvalue weighted by atomic mass is 9.74. The summed E-state index contributed by atoms with van der Waals surface area (Å²) < 4.78 is 34.1. The van der Waals surface area contributed by atoms with Gasteiger partial charge in [-0.25, -0.2) is 18.7 Å². The van der Waals surface area contributed by atoms with E-state index in [4.69, 9.17) is 22.1 Å². The van der Waals surface area contributed by atoms with Crippen molar-refractivity contribution in [3.63, 3.8) is 0 Å². The first-order valence-corrected chi connectivity index (χ1v) is 12.4. The second-order valence-electron chi connectivity index (χ2n) is 9.40. The number of carbonyl (C=O) groups excluding carboxylic acids is 1. The molecular formula is C27H23ClF2N6O3. The first-order chi connectivity index (χ1) is 18.6. The van der Waals surface area contributed by atoms with Crippen LogP contribution in [0.3, 0.4) is 0 Å². The lowest BCUT2D eigenvalue weighted by molar-refractivity contribution is -0.124. The number of ether oxygens (including phenoxy) is 1. The Balaban J connectivity index is 1.44. The van der Waals surface area contributed by atoms with Gasteiger partial charge in [0.15, 0.2) is 5.82 Å². The zero-order valence-electron chi connectivity index (χ0n) is 21.0. The molecule has 4 heterocycles. The van der Waals surface area contributed by atoms with E-state index in [-0.39, 0.29) is 40.8 Å². The number of pyridine rings is 3. The number of halogens is 3. The number of amides is 1. The van der Waals surface area contributed by atoms with Gasteiger partial charge in [0.2, 0.25) is 5.91 Å². The third-order valence-corrected chi connectivity index (χ3v) is 7.05. The first-order valence-electron chi connectivity index (χ1n) is 12.1. The van der Waals surface area contributed by atoms with E-state index in [0.29, 0.717) is 53.1 Å². The maximum absolute atomic E-state index is 13.9. The number of aryl methyl sites for hydroxylation is 2. The van der Waals surface area contributed by atoms with Gasteiger partial charge in [0, 0.05) is 42.1 Å². The van der Waals surface area contributed by atoms with Crippen LogP contribution in [0.15, 0.2) is 47.7 Å². The summed E-state index contributed by atoms with van der Waals surface area (Å²) in [5.41, 5.74) is 7.55. The largest absolute Gasteiger partial charge is 0.485 e. The maximum Gasteiger partial charge on any atom is 0.277 e. The highest BCUT2D eigenvalue weighted by atomic mass is 35.5. The summed E-state index contributed by atoms with van der Waals surface area (Å²) in [5.74, 6) is -1.46. The number of carbonyl (C=O) groups is 1. The van der Waals surface area contributed by atoms with Gasteiger partial charge in [0.05, 0.1) is 23.3 Å². The van der Waals surface area contributed by atoms with Gasteiger partial charge in [0.25, 0.3) is 5.56 Å². The third-order valence-electron chi connectivity index (χ3n) is 6.71. The molecule has 4 aromatic rings. The number of hydrogen-bond donors (Lipinski definition) is 1. The number of rotatable bonds is 7. The molecule has 200 valence electrons. The molecule has 9 nitrogen and oxygen atoms in total. The van der Waals surface area contributed by atoms with Crippen molar-refractivity contribution in [3.8, 4) is 22.8 Å². The number of nitrogens with two attached hydrogens (primary N) is 1. The molecule has 0 bridgehead atoms. The fraction of sp³-hybridized carbons (Fsp3) is 0.259. The van der Waals surface area contributed by atoms with E-state index in [1.54, 1.807) is 37.5 Å². The molecular weight excluding hydrogens is 530 g/mol. The van der Waals surface area contributed by atoms with Gasteiger partial charge in [-0.15, -0.1) is 0 Å². The van der Waals surface area contributed by atoms with Crippen LogP contribution < -0.4 is 16.0 Å². The van der Waals surface area contributed by atoms with Crippen LogP contribution in [0.1, 0.15) is 41.5 Å². The molecule has 0 aromatic carbocycles. The van der Waals surface area contributed by atoms with Crippen molar-refractivity contribution >= 4 is 17.5 Å². The quantitative estimate of drug-likeness (QED) is 0.364. The van der Waals surface area contributed by atoms with E-state index in [9.17, 15) is 18.4 Å². The Morgan fingerprint density at radius 3 is 2.62 bits per heavy atom. The predicted octanol–water partition coefficient (Wildman–Crippen LogP) is 4.19. The number of aromatic nitrogens is 5. The zero-order chi connectivity index (χ0) is 27.8. The SMILES string of the molecule is Cc1cnc(-c2ccnc(C3CC(C(N)=O)C3)n2)cc1-n1c(C)cc(OCc2ncc(F)cc2F)c(Cl)c1=O. The molecule has 0 saturated heterocycles. The Morgan fingerprint density at radius 1 is 1.13 bits per heavy atom. The van der Waals surface area contributed by atoms with E-state index >= 15 is 0 Å². The molecule has 1 aliphatic carbocycles. The molecule has 0 aliphatic heterocycles. The summed E-state index contributed by atoms with van der Waals surface area (Å²) >= 11 is 6.37. The smallest absolute Gasteiger partial charge is 0.277 e. The molecule has 12 heteroatoms. The average molecular weight is 553 g/mol. The Hall–Kier alpha value is -4.25. The molecule has 2 N–H and O–H groups in total. The van der Waals surface area contributed by atoms with Crippen molar-refractivity contribution in [1.82, 2.24) is 24.5 Å². The highest BCUT2D eigenvalue weighted by molar-refractivity contribution is 6.31. The van der Waals surface area contributed by atoms with Gasteiger partial charge in [0.1, 0.15) is 34.7 Å². The minimum Gasteiger partial charge on any atom is -0.485 e. The second-order valence-corrected chi connectivity index (χ2v) is 9.78. The van der Waals surface area contributed by atoms with Crippen LogP contribution in [0.25, 0.3) is 17.1 Å². The van der Waals surface area contributed by atoms with Crippen LogP contribution in [-0.2, 0) is 11.4 Å². The number of hydrogen-bond acceptors (Lipinski definition) is 7. The van der Waals surface area contributed by atoms with Gasteiger partial charge in [-0.3, -0.25) is 24.1 Å². The van der Waals surface area contributed by atoms with Crippen LogP contribution in [0, 0.1) is 31.4 Å². The Bertz CT molecular complexity index is 1660. The molecule has 1 saturated carbocycles. The van der Waals surface area contributed by atoms with E-state index in [0.717, 1.165) is 6.20 Å². The lowest BCUT2D eigenvalue weighted by Crippen LogP contribution is -2.34. The van der Waals surface area contributed by atoms with Crippen molar-refractivity contribution in [2.75, 3.05) is 0 Å². The minimum absolute atomic E-state index is 0.0437. The van der Waals surface area contributed by atoms with Crippen molar-refractivity contribution in [2.45, 2.75) is 39.2 Å². The van der Waals surface area contributed by atoms with Gasteiger partial charge >= 0.3 is 0 Å². The summed E-state index contributed by atoms with van der Waals surface area (Å²) in [6, 6.07) is 5.71. The summed E-state index contributed by atoms with van der Waals surface area (Å²) in [5, 5.41) is -0.209. The lowest BCUT2D eigenvalue weighted by Gasteiger charge is -2.31. The van der Waals surface area contributed by atoms with Crippen LogP contribution >= 0.6 is 11.6 Å². The molecule has 0 radical (unpaired) electrons. The summed E-state index contributed by atoms with van der Waals surface area (Å²) in [7, 11) is 0. The molecule has 4 aromatic heterocycles. The summed E-state index contributed by atoms with van der Waals surface area (Å²) in [4.78, 5) is 41.9. The van der Waals surface area contributed by atoms with E-state index in [2.05, 4.69) is 19.9 Å². The summed E-state index contributed by atoms with van der Waals surface area (Å²) in [6.07, 6.45) is 5.36. The highest BCUT2D eigenvalue weighted by Gasteiger charge is 2.36. The topological polar surface area (TPSA) is 126 Å². The van der Waals surface area contributed by atoms with E-state index in [1.165, 1.54) is 4.57 Å². The van der Waals surface area contributed by atoms with E-state index < -0.39 is 17.2 Å². The highest BCUT2D eigenvalue weighted by Crippen LogP contribution is 2.40. The van der Waals surface area contributed by atoms with Crippen LogP contribution in [-0.4, -0.2) is 30.4 Å². The molecule has 1 amide bonds. The molecule has 5 rings (SSSR count). The molecule has 0 unspecified atom stereocenters. The van der Waals surface area contributed by atoms with Gasteiger partial charge in [-0.05, 0) is 44.4 Å². The van der Waals surface area contributed by atoms with Crippen molar-refractivity contribution in [1.29, 1.82) is 0 Å². The number of primary amides is 1. The normalized spacial score (nSPS) is 16.5. The first kappa shape index (κ1) is 26.4. The van der Waals surface area contributed by atoms with Crippen LogP contribution in [0.4, 0.5) is 8.78 Å². The van der Waals surface area contributed by atoms with Crippen molar-refractivity contribution < 1.29 is 18.3 Å². The van der Waals surface area contributed by atoms with Crippen molar-refractivity contribution in [2.24, 2.45) is 11.7 Å². The van der Waals surface area contributed by atoms with Crippen LogP contribution in [0.2, 0.25) is 5.02 Å². The fourth-order valence-electron chi connectivity index (χ4n) is 4.45. The second kappa shape index (κ2) is 10.5. The zero-order valence-corrected chi connectivity index (χ0v) is 21.7. The minimum atomic E-state index is -0.867. The Morgan fingerprint density at radius 2 is 1.90 bits per heavy atom. The molecule has 0 spiro atoms. The van der Waals surface area contributed by atoms with Crippen LogP contribution in [0.5, 0.6) is 5.75 Å². The maximum atomic E-state index is 13.9. The molecule has 1 fully saturated rings. The monoisotopic (exact) mass is 552 g/mol. The Kier molecular flexibility index (Phi) is 7.09. The van der Waals surface area contributed by atoms with Crippen molar-refractivity contribution in [3.05, 3.63) is 92.6 Å². The van der Waals surface area contributed by atoms with Gasteiger partial charge in [-0.2, -0.15) is 0 Å². The fourth-order valence-corrected chi connectivity index (χ4v) is 4.64. The van der Waals surface area contributed by atoms with Gasteiger partial charge in [-0.1, -0.05) is 11.6 Å². The Labute approximate surface area is 226 Å². The predicted molar refractivity (Wildman–Crippen MR) is 138 cm³/mol. The standard InChI is InChI=1S/C27H23ClF2N6O3/c1-13-10-33-20(19-3-4-32-26(35-19)16-6-15(7-16)25(31)37)9-22(13)36-14(2)5-23(24(28)27(36)38)39-12-21-18(30)8-17(29)11-34-21/h3-5,8-11,15-16H,6-7,12H2,1-2H3,(H2,31,37). The molecule has 0 atom stereocenters. The summed E-state index contributed by atoms with van der Waals surface area (Å²) in [6.45, 7) is 3.17. The van der Waals surface area contributed by atoms with E-state index in [1.807, 2.05) is 6.92 Å².